The fourth-order valence-electron chi connectivity index (χ4n) is 2.42. The van der Waals surface area contributed by atoms with Gasteiger partial charge in [0.05, 0.1) is 21.2 Å². The summed E-state index contributed by atoms with van der Waals surface area (Å²) in [7, 11) is 0. The molecule has 3 rings (SSSR count). The quantitative estimate of drug-likeness (QED) is 0.773. The summed E-state index contributed by atoms with van der Waals surface area (Å²) in [6, 6.07) is 5.51. The van der Waals surface area contributed by atoms with Crippen LogP contribution in [0.4, 0.5) is 5.69 Å². The number of nitrogens with two attached hydrogens (primary N) is 1. The van der Waals surface area contributed by atoms with Gasteiger partial charge in [-0.25, -0.2) is 0 Å². The van der Waals surface area contributed by atoms with Crippen molar-refractivity contribution >= 4 is 41.6 Å². The van der Waals surface area contributed by atoms with Crippen molar-refractivity contribution in [3.63, 3.8) is 0 Å². The van der Waals surface area contributed by atoms with Gasteiger partial charge in [-0.2, -0.15) is 0 Å². The van der Waals surface area contributed by atoms with Gasteiger partial charge in [-0.05, 0) is 24.5 Å². The van der Waals surface area contributed by atoms with E-state index in [9.17, 15) is 9.59 Å². The largest absolute Gasteiger partial charge is 0.326 e. The fourth-order valence-corrected chi connectivity index (χ4v) is 3.75. The summed E-state index contributed by atoms with van der Waals surface area (Å²) >= 11 is 7.65. The number of benzene rings is 1. The molecule has 1 aliphatic carbocycles. The van der Waals surface area contributed by atoms with Crippen molar-refractivity contribution in [2.24, 2.45) is 5.73 Å². The number of halogens is 1. The highest BCUT2D eigenvalue weighted by Crippen LogP contribution is 2.43. The fraction of sp³-hybridized carbons (Fsp3) is 0.333. The van der Waals surface area contributed by atoms with Crippen LogP contribution in [0, 0.1) is 0 Å². The standard InChI is InChI=1S/C15H15ClN3O2S/c16-12-3-1-2-10(6-17)13(12)19-7-11(8-20)22-14(19)18-15(9-21)4-5-15/h1-3,7,9,14,18H,4-6,17H2. The van der Waals surface area contributed by atoms with Crippen molar-refractivity contribution in [2.75, 3.05) is 4.90 Å². The van der Waals surface area contributed by atoms with Crippen molar-refractivity contribution in [1.29, 1.82) is 0 Å². The highest BCUT2D eigenvalue weighted by atomic mass is 35.5. The first kappa shape index (κ1) is 15.6. The van der Waals surface area contributed by atoms with Gasteiger partial charge in [-0.15, -0.1) is 0 Å². The lowest BCUT2D eigenvalue weighted by Crippen LogP contribution is -2.46. The number of carbonyl (C=O) groups excluding carboxylic acids is 2. The number of hydrogen-bond acceptors (Lipinski definition) is 6. The van der Waals surface area contributed by atoms with Gasteiger partial charge in [0.25, 0.3) is 0 Å². The van der Waals surface area contributed by atoms with Crippen LogP contribution in [0.3, 0.4) is 0 Å². The zero-order valence-corrected chi connectivity index (χ0v) is 13.3. The lowest BCUT2D eigenvalue weighted by atomic mass is 10.1. The molecule has 2 aliphatic rings. The SMILES string of the molecule is NCc1cccc(Cl)c1N1C=C([C]=O)SC1NC1(C=O)CC1. The van der Waals surface area contributed by atoms with Gasteiger partial charge in [-0.1, -0.05) is 35.5 Å². The van der Waals surface area contributed by atoms with Gasteiger partial charge in [0, 0.05) is 12.7 Å². The molecule has 1 saturated carbocycles. The van der Waals surface area contributed by atoms with E-state index in [-0.39, 0.29) is 5.50 Å². The second kappa shape index (κ2) is 6.04. The van der Waals surface area contributed by atoms with Crippen molar-refractivity contribution < 1.29 is 9.59 Å². The topological polar surface area (TPSA) is 75.4 Å². The number of carbonyl (C=O) groups is 1. The Hall–Kier alpha value is -1.34. The average molecular weight is 337 g/mol. The number of nitrogens with zero attached hydrogens (tertiary/aromatic N) is 1. The Morgan fingerprint density at radius 2 is 2.32 bits per heavy atom. The minimum Gasteiger partial charge on any atom is -0.326 e. The maximum absolute atomic E-state index is 11.2. The Labute approximate surface area is 137 Å². The molecule has 7 heteroatoms. The number of anilines is 1. The Balaban J connectivity index is 1.96. The highest BCUT2D eigenvalue weighted by Gasteiger charge is 2.46. The molecule has 0 bridgehead atoms. The molecule has 1 radical (unpaired) electrons. The van der Waals surface area contributed by atoms with Crippen LogP contribution < -0.4 is 16.0 Å². The minimum absolute atomic E-state index is 0.283. The lowest BCUT2D eigenvalue weighted by molar-refractivity contribution is -0.110. The Kier molecular flexibility index (Phi) is 4.27. The van der Waals surface area contributed by atoms with E-state index < -0.39 is 5.54 Å². The molecule has 1 aliphatic heterocycles. The van der Waals surface area contributed by atoms with E-state index in [0.717, 1.165) is 30.4 Å². The molecule has 22 heavy (non-hydrogen) atoms. The number of para-hydroxylation sites is 1. The number of aldehydes is 1. The smallest absolute Gasteiger partial charge is 0.242 e. The summed E-state index contributed by atoms with van der Waals surface area (Å²) in [5, 5.41) is 3.85. The highest BCUT2D eigenvalue weighted by molar-refractivity contribution is 8.04. The van der Waals surface area contributed by atoms with Gasteiger partial charge in [0.1, 0.15) is 11.8 Å². The van der Waals surface area contributed by atoms with Crippen LogP contribution in [0.5, 0.6) is 0 Å². The molecule has 0 aromatic heterocycles. The third kappa shape index (κ3) is 2.79. The molecule has 3 N–H and O–H groups in total. The first-order valence-electron chi connectivity index (χ1n) is 6.89. The normalized spacial score (nSPS) is 22.4. The molecule has 0 saturated heterocycles. The Morgan fingerprint density at radius 3 is 2.91 bits per heavy atom. The van der Waals surface area contributed by atoms with E-state index in [1.54, 1.807) is 12.3 Å². The van der Waals surface area contributed by atoms with Crippen molar-refractivity contribution in [2.45, 2.75) is 30.4 Å². The number of thioether (sulfide) groups is 1. The van der Waals surface area contributed by atoms with Gasteiger partial charge in [-0.3, -0.25) is 10.1 Å². The summed E-state index contributed by atoms with van der Waals surface area (Å²) < 4.78 is 0. The molecule has 115 valence electrons. The maximum atomic E-state index is 11.2. The molecule has 1 atom stereocenters. The predicted molar refractivity (Wildman–Crippen MR) is 88.1 cm³/mol. The first-order valence-corrected chi connectivity index (χ1v) is 8.15. The van der Waals surface area contributed by atoms with Crippen molar-refractivity contribution in [3.05, 3.63) is 39.9 Å². The summed E-state index contributed by atoms with van der Waals surface area (Å²) in [5.41, 5.74) is 6.65. The van der Waals surface area contributed by atoms with Crippen LogP contribution in [-0.2, 0) is 16.1 Å². The summed E-state index contributed by atoms with van der Waals surface area (Å²) in [6.07, 6.45) is 6.13. The zero-order valence-electron chi connectivity index (χ0n) is 11.7. The summed E-state index contributed by atoms with van der Waals surface area (Å²) in [6.45, 7) is 0.330. The summed E-state index contributed by atoms with van der Waals surface area (Å²) in [4.78, 5) is 24.6. The number of hydrogen-bond donors (Lipinski definition) is 2. The molecule has 1 unspecified atom stereocenters. The molecule has 1 aromatic rings. The van der Waals surface area contributed by atoms with Crippen LogP contribution >= 0.6 is 23.4 Å². The molecule has 1 fully saturated rings. The van der Waals surface area contributed by atoms with E-state index in [1.165, 1.54) is 11.8 Å². The third-order valence-electron chi connectivity index (χ3n) is 3.82. The van der Waals surface area contributed by atoms with Gasteiger partial charge in [0.15, 0.2) is 0 Å². The second-order valence-corrected chi connectivity index (χ2v) is 6.87. The molecule has 1 heterocycles. The van der Waals surface area contributed by atoms with Gasteiger partial charge >= 0.3 is 0 Å². The monoisotopic (exact) mass is 336 g/mol. The van der Waals surface area contributed by atoms with Crippen LogP contribution in [0.2, 0.25) is 5.02 Å². The molecule has 0 amide bonds. The predicted octanol–water partition coefficient (Wildman–Crippen LogP) is 1.91. The minimum atomic E-state index is -0.494. The lowest BCUT2D eigenvalue weighted by Gasteiger charge is -2.30. The molecule has 1 aromatic carbocycles. The number of rotatable bonds is 6. The molecule has 5 nitrogen and oxygen atoms in total. The van der Waals surface area contributed by atoms with E-state index >= 15 is 0 Å². The molecule has 0 spiro atoms. The van der Waals surface area contributed by atoms with Gasteiger partial charge < -0.3 is 15.4 Å². The Morgan fingerprint density at radius 1 is 1.55 bits per heavy atom. The van der Waals surface area contributed by atoms with Crippen LogP contribution in [-0.4, -0.2) is 23.6 Å². The van der Waals surface area contributed by atoms with Crippen molar-refractivity contribution in [3.8, 4) is 0 Å². The van der Waals surface area contributed by atoms with E-state index in [2.05, 4.69) is 5.32 Å². The van der Waals surface area contributed by atoms with Crippen molar-refractivity contribution in [1.82, 2.24) is 5.32 Å². The second-order valence-electron chi connectivity index (χ2n) is 5.34. The van der Waals surface area contributed by atoms with E-state index in [1.807, 2.05) is 23.3 Å². The zero-order chi connectivity index (χ0) is 15.7. The Bertz CT molecular complexity index is 646. The molecular weight excluding hydrogens is 322 g/mol. The van der Waals surface area contributed by atoms with Gasteiger partial charge in [0.2, 0.25) is 6.29 Å². The maximum Gasteiger partial charge on any atom is 0.242 e. The van der Waals surface area contributed by atoms with E-state index in [4.69, 9.17) is 17.3 Å². The number of nitrogens with one attached hydrogen (secondary N) is 1. The summed E-state index contributed by atoms with van der Waals surface area (Å²) in [5.74, 6) is 0. The van der Waals surface area contributed by atoms with Crippen LogP contribution in [0.1, 0.15) is 18.4 Å². The molecular formula is C15H15ClN3O2S. The first-order chi connectivity index (χ1) is 10.6. The number of allylic oxidation sites excluding steroid dienone is 1. The van der Waals surface area contributed by atoms with Crippen LogP contribution in [0.15, 0.2) is 29.3 Å². The van der Waals surface area contributed by atoms with E-state index in [0.29, 0.717) is 16.5 Å². The average Bonchev–Trinajstić information content (AvgIpc) is 3.20. The third-order valence-corrected chi connectivity index (χ3v) is 5.14. The van der Waals surface area contributed by atoms with Crippen LogP contribution in [0.25, 0.3) is 0 Å².